The maximum atomic E-state index is 9.30. The van der Waals surface area contributed by atoms with Gasteiger partial charge in [-0.3, -0.25) is 0 Å². The molecule has 0 rings (SSSR count). The predicted octanol–water partition coefficient (Wildman–Crippen LogP) is 3.00. The highest BCUT2D eigenvalue weighted by Crippen LogP contribution is 2.27. The van der Waals surface area contributed by atoms with Crippen molar-refractivity contribution in [2.45, 2.75) is 72.2 Å². The fourth-order valence-electron chi connectivity index (χ4n) is 1.46. The van der Waals surface area contributed by atoms with Crippen molar-refractivity contribution in [1.29, 1.82) is 0 Å². The second-order valence-corrected chi connectivity index (χ2v) is 6.15. The van der Waals surface area contributed by atoms with Crippen molar-refractivity contribution in [3.05, 3.63) is 0 Å². The molecule has 3 unspecified atom stereocenters. The van der Waals surface area contributed by atoms with Gasteiger partial charge in [-0.05, 0) is 41.0 Å². The summed E-state index contributed by atoms with van der Waals surface area (Å²) >= 11 is 0. The summed E-state index contributed by atoms with van der Waals surface area (Å²) in [6, 6.07) is 0. The Morgan fingerprint density at radius 1 is 1.00 bits per heavy atom. The van der Waals surface area contributed by atoms with Crippen LogP contribution in [0, 0.1) is 5.92 Å². The number of aliphatic hydroxyl groups is 1. The van der Waals surface area contributed by atoms with Crippen molar-refractivity contribution in [1.82, 2.24) is 0 Å². The lowest BCUT2D eigenvalue weighted by molar-refractivity contribution is -0.127. The Morgan fingerprint density at radius 3 is 1.88 bits per heavy atom. The molecule has 0 spiro atoms. The van der Waals surface area contributed by atoms with Gasteiger partial charge in [0.15, 0.2) is 0 Å². The van der Waals surface area contributed by atoms with E-state index in [0.717, 1.165) is 6.42 Å². The Morgan fingerprint density at radius 2 is 1.53 bits per heavy atom. The van der Waals surface area contributed by atoms with Gasteiger partial charge in [-0.25, -0.2) is 0 Å². The van der Waals surface area contributed by atoms with Crippen LogP contribution in [0.4, 0.5) is 0 Å². The fraction of sp³-hybridized carbons (Fsp3) is 1.00. The summed E-state index contributed by atoms with van der Waals surface area (Å²) in [5.41, 5.74) is -0.352. The van der Waals surface area contributed by atoms with Gasteiger partial charge in [-0.2, -0.15) is 0 Å². The first kappa shape index (κ1) is 16.9. The molecular formula is C14H30O3. The third-order valence-electron chi connectivity index (χ3n) is 3.17. The van der Waals surface area contributed by atoms with Gasteiger partial charge >= 0.3 is 0 Å². The second-order valence-electron chi connectivity index (χ2n) is 6.15. The van der Waals surface area contributed by atoms with E-state index in [2.05, 4.69) is 41.5 Å². The fourth-order valence-corrected chi connectivity index (χ4v) is 1.46. The second kappa shape index (κ2) is 6.72. The van der Waals surface area contributed by atoms with E-state index in [9.17, 15) is 5.11 Å². The van der Waals surface area contributed by atoms with Gasteiger partial charge in [0.05, 0.1) is 30.5 Å². The topological polar surface area (TPSA) is 38.7 Å². The average Bonchev–Trinajstić information content (AvgIpc) is 2.21. The smallest absolute Gasteiger partial charge is 0.0745 e. The van der Waals surface area contributed by atoms with Crippen molar-refractivity contribution in [3.63, 3.8) is 0 Å². The number of hydrogen-bond acceptors (Lipinski definition) is 3. The molecule has 17 heavy (non-hydrogen) atoms. The molecule has 0 aliphatic rings. The van der Waals surface area contributed by atoms with Crippen LogP contribution in [-0.2, 0) is 9.47 Å². The van der Waals surface area contributed by atoms with Crippen LogP contribution in [-0.4, -0.2) is 35.6 Å². The third-order valence-corrected chi connectivity index (χ3v) is 3.17. The molecule has 104 valence electrons. The number of aliphatic hydroxyl groups excluding tert-OH is 1. The molecule has 0 aromatic carbocycles. The minimum atomic E-state index is -0.420. The highest BCUT2D eigenvalue weighted by molar-refractivity contribution is 4.81. The van der Waals surface area contributed by atoms with Crippen molar-refractivity contribution in [2.24, 2.45) is 5.92 Å². The zero-order valence-corrected chi connectivity index (χ0v) is 12.5. The summed E-state index contributed by atoms with van der Waals surface area (Å²) in [7, 11) is 0. The molecule has 0 amide bonds. The van der Waals surface area contributed by atoms with Crippen molar-refractivity contribution >= 4 is 0 Å². The van der Waals surface area contributed by atoms with E-state index in [1.54, 1.807) is 6.92 Å². The molecule has 1 N–H and O–H groups in total. The molecule has 0 heterocycles. The molecule has 3 nitrogen and oxygen atoms in total. The summed E-state index contributed by atoms with van der Waals surface area (Å²) in [4.78, 5) is 0. The summed E-state index contributed by atoms with van der Waals surface area (Å²) in [5, 5.41) is 9.30. The average molecular weight is 246 g/mol. The first-order chi connectivity index (χ1) is 7.60. The maximum Gasteiger partial charge on any atom is 0.0745 e. The number of ether oxygens (including phenoxy) is 2. The van der Waals surface area contributed by atoms with E-state index in [4.69, 9.17) is 9.47 Å². The first-order valence-electron chi connectivity index (χ1n) is 6.56. The van der Waals surface area contributed by atoms with Gasteiger partial charge in [-0.1, -0.05) is 13.8 Å². The summed E-state index contributed by atoms with van der Waals surface area (Å²) < 4.78 is 11.6. The molecule has 3 heteroatoms. The number of hydrogen-bond donors (Lipinski definition) is 1. The van der Waals surface area contributed by atoms with Crippen LogP contribution in [0.15, 0.2) is 0 Å². The summed E-state index contributed by atoms with van der Waals surface area (Å²) in [6.07, 6.45) is 0.491. The lowest BCUT2D eigenvalue weighted by Gasteiger charge is -2.36. The molecule has 0 aliphatic heterocycles. The predicted molar refractivity (Wildman–Crippen MR) is 71.2 cm³/mol. The van der Waals surface area contributed by atoms with E-state index < -0.39 is 6.10 Å². The highest BCUT2D eigenvalue weighted by Gasteiger charge is 2.31. The van der Waals surface area contributed by atoms with E-state index in [1.807, 2.05) is 0 Å². The van der Waals surface area contributed by atoms with E-state index >= 15 is 0 Å². The van der Waals surface area contributed by atoms with Gasteiger partial charge in [0.1, 0.15) is 0 Å². The van der Waals surface area contributed by atoms with E-state index in [1.165, 1.54) is 0 Å². The largest absolute Gasteiger partial charge is 0.391 e. The van der Waals surface area contributed by atoms with Crippen LogP contribution in [0.5, 0.6) is 0 Å². The van der Waals surface area contributed by atoms with Crippen LogP contribution < -0.4 is 0 Å². The lowest BCUT2D eigenvalue weighted by atomic mass is 9.88. The molecule has 0 radical (unpaired) electrons. The molecule has 0 fully saturated rings. The molecule has 0 bridgehead atoms. The van der Waals surface area contributed by atoms with Crippen molar-refractivity contribution in [2.75, 3.05) is 13.2 Å². The Bertz CT molecular complexity index is 208. The standard InChI is InChI=1S/C14H30O3/c1-8-14(7,17-10-12(3)15)11(2)9-16-13(4,5)6/h11-12,15H,8-10H2,1-7H3. The monoisotopic (exact) mass is 246 g/mol. The minimum Gasteiger partial charge on any atom is -0.391 e. The van der Waals surface area contributed by atoms with Gasteiger partial charge in [-0.15, -0.1) is 0 Å². The van der Waals surface area contributed by atoms with Gasteiger partial charge in [0, 0.05) is 5.92 Å². The third kappa shape index (κ3) is 7.02. The van der Waals surface area contributed by atoms with Crippen LogP contribution in [0.25, 0.3) is 0 Å². The van der Waals surface area contributed by atoms with Gasteiger partial charge in [0.2, 0.25) is 0 Å². The quantitative estimate of drug-likeness (QED) is 0.750. The Kier molecular flexibility index (Phi) is 6.67. The molecule has 0 saturated heterocycles. The van der Waals surface area contributed by atoms with Crippen LogP contribution >= 0.6 is 0 Å². The molecule has 0 saturated carbocycles. The minimum absolute atomic E-state index is 0.118. The first-order valence-corrected chi connectivity index (χ1v) is 6.56. The van der Waals surface area contributed by atoms with Crippen LogP contribution in [0.3, 0.4) is 0 Å². The van der Waals surface area contributed by atoms with E-state index in [-0.39, 0.29) is 11.2 Å². The van der Waals surface area contributed by atoms with Crippen LogP contribution in [0.1, 0.15) is 54.9 Å². The molecule has 3 atom stereocenters. The molecule has 0 aromatic heterocycles. The van der Waals surface area contributed by atoms with E-state index in [0.29, 0.717) is 19.1 Å². The normalized spacial score (nSPS) is 19.8. The zero-order valence-electron chi connectivity index (χ0n) is 12.5. The number of rotatable bonds is 7. The molecule has 0 aromatic rings. The van der Waals surface area contributed by atoms with Gasteiger partial charge < -0.3 is 14.6 Å². The Labute approximate surface area is 107 Å². The summed E-state index contributed by atoms with van der Waals surface area (Å²) in [5.74, 6) is 0.297. The molecular weight excluding hydrogens is 216 g/mol. The Hall–Kier alpha value is -0.120. The van der Waals surface area contributed by atoms with Crippen molar-refractivity contribution < 1.29 is 14.6 Å². The highest BCUT2D eigenvalue weighted by atomic mass is 16.5. The van der Waals surface area contributed by atoms with Crippen molar-refractivity contribution in [3.8, 4) is 0 Å². The van der Waals surface area contributed by atoms with Gasteiger partial charge in [0.25, 0.3) is 0 Å². The summed E-state index contributed by atoms with van der Waals surface area (Å²) in [6.45, 7) is 15.3. The SMILES string of the molecule is CCC(C)(OCC(C)O)C(C)COC(C)(C)C. The molecule has 0 aliphatic carbocycles. The lowest BCUT2D eigenvalue weighted by Crippen LogP contribution is -2.41. The zero-order chi connectivity index (χ0) is 13.7. The maximum absolute atomic E-state index is 9.30. The van der Waals surface area contributed by atoms with Crippen LogP contribution in [0.2, 0.25) is 0 Å². The Balaban J connectivity index is 4.31.